The van der Waals surface area contributed by atoms with Crippen LogP contribution >= 0.6 is 0 Å². The Morgan fingerprint density at radius 2 is 1.70 bits per heavy atom. The third kappa shape index (κ3) is 5.42. The van der Waals surface area contributed by atoms with Crippen molar-refractivity contribution < 1.29 is 33.6 Å². The molecule has 1 atom stereocenters. The number of carbonyl (C=O) groups excluding carboxylic acids is 2. The molecule has 37 heavy (non-hydrogen) atoms. The minimum atomic E-state index is -0.784. The minimum absolute atomic E-state index is 0.0442. The van der Waals surface area contributed by atoms with Crippen molar-refractivity contribution in [2.24, 2.45) is 0 Å². The number of hydrogen-bond acceptors (Lipinski definition) is 8. The van der Waals surface area contributed by atoms with Crippen molar-refractivity contribution in [2.75, 3.05) is 60.2 Å². The second-order valence-corrected chi connectivity index (χ2v) is 8.97. The summed E-state index contributed by atoms with van der Waals surface area (Å²) in [5, 5.41) is 11.4. The molecule has 2 aromatic rings. The van der Waals surface area contributed by atoms with Crippen molar-refractivity contribution >= 4 is 17.4 Å². The summed E-state index contributed by atoms with van der Waals surface area (Å²) in [5.74, 6) is 0.123. The molecule has 0 aliphatic carbocycles. The summed E-state index contributed by atoms with van der Waals surface area (Å²) in [6, 6.07) is 9.69. The number of methoxy groups -OCH3 is 2. The maximum Gasteiger partial charge on any atom is 0.295 e. The highest BCUT2D eigenvalue weighted by atomic mass is 16.5. The molecule has 0 saturated carbocycles. The molecule has 2 aromatic carbocycles. The zero-order valence-corrected chi connectivity index (χ0v) is 21.8. The van der Waals surface area contributed by atoms with Crippen molar-refractivity contribution in [1.82, 2.24) is 9.80 Å². The zero-order chi connectivity index (χ0) is 26.5. The minimum Gasteiger partial charge on any atom is -0.507 e. The van der Waals surface area contributed by atoms with E-state index in [4.69, 9.17) is 18.9 Å². The summed E-state index contributed by atoms with van der Waals surface area (Å²) in [6.45, 7) is 7.89. The van der Waals surface area contributed by atoms with Crippen LogP contribution in [-0.2, 0) is 14.3 Å². The van der Waals surface area contributed by atoms with E-state index >= 15 is 0 Å². The van der Waals surface area contributed by atoms with Crippen molar-refractivity contribution in [3.05, 3.63) is 58.7 Å². The van der Waals surface area contributed by atoms with Gasteiger partial charge in [-0.05, 0) is 55.3 Å². The van der Waals surface area contributed by atoms with E-state index in [2.05, 4.69) is 4.90 Å². The van der Waals surface area contributed by atoms with E-state index in [0.29, 0.717) is 61.3 Å². The number of morpholine rings is 1. The van der Waals surface area contributed by atoms with E-state index in [0.717, 1.165) is 18.7 Å². The number of benzene rings is 2. The van der Waals surface area contributed by atoms with Gasteiger partial charge in [0.2, 0.25) is 0 Å². The average molecular weight is 511 g/mol. The van der Waals surface area contributed by atoms with Gasteiger partial charge in [0, 0.05) is 31.7 Å². The molecule has 1 amide bonds. The molecule has 2 saturated heterocycles. The lowest BCUT2D eigenvalue weighted by molar-refractivity contribution is -0.140. The Kier molecular flexibility index (Phi) is 8.35. The molecule has 2 fully saturated rings. The van der Waals surface area contributed by atoms with Crippen LogP contribution in [0.3, 0.4) is 0 Å². The highest BCUT2D eigenvalue weighted by Gasteiger charge is 2.46. The van der Waals surface area contributed by atoms with Crippen LogP contribution in [-0.4, -0.2) is 86.8 Å². The van der Waals surface area contributed by atoms with Crippen molar-refractivity contribution in [1.29, 1.82) is 0 Å². The molecule has 1 N–H and O–H groups in total. The van der Waals surface area contributed by atoms with Gasteiger partial charge in [0.15, 0.2) is 11.5 Å². The molecule has 4 rings (SSSR count). The van der Waals surface area contributed by atoms with Crippen LogP contribution in [0, 0.1) is 6.92 Å². The third-order valence-electron chi connectivity index (χ3n) is 6.77. The predicted molar refractivity (Wildman–Crippen MR) is 138 cm³/mol. The Hall–Kier alpha value is -3.56. The number of Topliss-reactive ketones (excluding diaryl/α,β-unsaturated/α-hetero) is 1. The number of carbonyl (C=O) groups is 2. The number of ketones is 1. The zero-order valence-electron chi connectivity index (χ0n) is 21.8. The van der Waals surface area contributed by atoms with Gasteiger partial charge in [-0.25, -0.2) is 0 Å². The first-order valence-corrected chi connectivity index (χ1v) is 12.4. The lowest BCUT2D eigenvalue weighted by Gasteiger charge is -2.31. The molecule has 198 valence electrons. The number of nitrogens with zero attached hydrogens (tertiary/aromatic N) is 2. The van der Waals surface area contributed by atoms with Gasteiger partial charge in [-0.1, -0.05) is 6.07 Å². The second kappa shape index (κ2) is 11.7. The van der Waals surface area contributed by atoms with Gasteiger partial charge in [0.25, 0.3) is 11.7 Å². The van der Waals surface area contributed by atoms with Gasteiger partial charge >= 0.3 is 0 Å². The molecule has 2 heterocycles. The first-order valence-electron chi connectivity index (χ1n) is 12.4. The lowest BCUT2D eigenvalue weighted by Crippen LogP contribution is -2.42. The fourth-order valence-electron chi connectivity index (χ4n) is 4.84. The summed E-state index contributed by atoms with van der Waals surface area (Å²) >= 11 is 0. The van der Waals surface area contributed by atoms with Gasteiger partial charge in [-0.15, -0.1) is 0 Å². The van der Waals surface area contributed by atoms with Crippen LogP contribution < -0.4 is 14.2 Å². The first kappa shape index (κ1) is 26.5. The third-order valence-corrected chi connectivity index (χ3v) is 6.77. The van der Waals surface area contributed by atoms with Gasteiger partial charge in [-0.2, -0.15) is 0 Å². The van der Waals surface area contributed by atoms with Crippen LogP contribution in [0.2, 0.25) is 0 Å². The Morgan fingerprint density at radius 1 is 1.00 bits per heavy atom. The van der Waals surface area contributed by atoms with E-state index in [-0.39, 0.29) is 11.3 Å². The molecular formula is C28H34N2O7. The number of amides is 1. The van der Waals surface area contributed by atoms with Crippen LogP contribution in [0.1, 0.15) is 29.7 Å². The van der Waals surface area contributed by atoms with E-state index < -0.39 is 17.7 Å². The van der Waals surface area contributed by atoms with Crippen molar-refractivity contribution in [3.63, 3.8) is 0 Å². The topological polar surface area (TPSA) is 97.8 Å². The molecule has 0 aromatic heterocycles. The molecule has 9 heteroatoms. The van der Waals surface area contributed by atoms with Crippen LogP contribution in [0.25, 0.3) is 5.76 Å². The van der Waals surface area contributed by atoms with E-state index in [1.807, 2.05) is 13.8 Å². The fourth-order valence-corrected chi connectivity index (χ4v) is 4.84. The number of aliphatic hydroxyl groups is 1. The number of aryl methyl sites for hydroxylation is 1. The van der Waals surface area contributed by atoms with Gasteiger partial charge in [0.05, 0.1) is 45.7 Å². The summed E-state index contributed by atoms with van der Waals surface area (Å²) < 4.78 is 22.0. The Morgan fingerprint density at radius 3 is 2.35 bits per heavy atom. The summed E-state index contributed by atoms with van der Waals surface area (Å²) in [4.78, 5) is 30.4. The Balaban J connectivity index is 1.79. The quantitative estimate of drug-likeness (QED) is 0.312. The molecular weight excluding hydrogens is 476 g/mol. The van der Waals surface area contributed by atoms with E-state index in [1.54, 1.807) is 43.5 Å². The average Bonchev–Trinajstić information content (AvgIpc) is 3.17. The summed E-state index contributed by atoms with van der Waals surface area (Å²) in [5.41, 5.74) is 1.93. The van der Waals surface area contributed by atoms with Gasteiger partial charge in [0.1, 0.15) is 11.5 Å². The first-order chi connectivity index (χ1) is 17.9. The Labute approximate surface area is 217 Å². The SMILES string of the molecule is CCOc1ccc(C2C(=C(O)c3ccc(OC)c(C)c3)C(=O)C(=O)N2CCN2CCOCC2)cc1OC. The number of hydrogen-bond donors (Lipinski definition) is 1. The number of aliphatic hydroxyl groups excluding tert-OH is 1. The van der Waals surface area contributed by atoms with E-state index in [9.17, 15) is 14.7 Å². The Bertz CT molecular complexity index is 1190. The van der Waals surface area contributed by atoms with Crippen molar-refractivity contribution in [3.8, 4) is 17.2 Å². The summed E-state index contributed by atoms with van der Waals surface area (Å²) in [7, 11) is 3.11. The number of ether oxygens (including phenoxy) is 4. The maximum atomic E-state index is 13.4. The maximum absolute atomic E-state index is 13.4. The van der Waals surface area contributed by atoms with Crippen molar-refractivity contribution in [2.45, 2.75) is 19.9 Å². The molecule has 1 unspecified atom stereocenters. The smallest absolute Gasteiger partial charge is 0.295 e. The van der Waals surface area contributed by atoms with E-state index in [1.165, 1.54) is 12.0 Å². The van der Waals surface area contributed by atoms with Crippen LogP contribution in [0.4, 0.5) is 0 Å². The van der Waals surface area contributed by atoms with Crippen LogP contribution in [0.15, 0.2) is 42.0 Å². The number of likely N-dealkylation sites (tertiary alicyclic amines) is 1. The lowest BCUT2D eigenvalue weighted by atomic mass is 9.94. The van der Waals surface area contributed by atoms with Gasteiger partial charge < -0.3 is 29.0 Å². The molecule has 0 radical (unpaired) electrons. The predicted octanol–water partition coefficient (Wildman–Crippen LogP) is 3.16. The molecule has 0 spiro atoms. The standard InChI is InChI=1S/C28H34N2O7/c1-5-37-22-9-6-19(17-23(22)35-4)25-24(26(31)20-7-8-21(34-3)18(2)16-20)27(32)28(33)30(25)11-10-29-12-14-36-15-13-29/h6-9,16-17,25,31H,5,10-15H2,1-4H3. The molecule has 2 aliphatic heterocycles. The molecule has 0 bridgehead atoms. The normalized spacial score (nSPS) is 19.8. The van der Waals surface area contributed by atoms with Crippen LogP contribution in [0.5, 0.6) is 17.2 Å². The fraction of sp³-hybridized carbons (Fsp3) is 0.429. The largest absolute Gasteiger partial charge is 0.507 e. The molecule has 2 aliphatic rings. The van der Waals surface area contributed by atoms with Gasteiger partial charge in [-0.3, -0.25) is 14.5 Å². The molecule has 9 nitrogen and oxygen atoms in total. The monoisotopic (exact) mass is 510 g/mol. The summed E-state index contributed by atoms with van der Waals surface area (Å²) in [6.07, 6.45) is 0. The number of rotatable bonds is 9. The highest BCUT2D eigenvalue weighted by Crippen LogP contribution is 2.42. The second-order valence-electron chi connectivity index (χ2n) is 8.97. The highest BCUT2D eigenvalue weighted by molar-refractivity contribution is 6.46.